The highest BCUT2D eigenvalue weighted by Gasteiger charge is 2.44. The first kappa shape index (κ1) is 26.5. The Kier molecular flexibility index (Phi) is 7.36. The Hall–Kier alpha value is -3.12. The van der Waals surface area contributed by atoms with Crippen molar-refractivity contribution in [2.45, 2.75) is 63.4 Å². The molecule has 2 aliphatic rings. The van der Waals surface area contributed by atoms with Gasteiger partial charge >= 0.3 is 0 Å². The van der Waals surface area contributed by atoms with Crippen molar-refractivity contribution < 1.29 is 27.5 Å². The second-order valence-electron chi connectivity index (χ2n) is 10.0. The minimum absolute atomic E-state index is 0.0226. The number of hydroxylamine groups is 1. The van der Waals surface area contributed by atoms with Gasteiger partial charge in [0.15, 0.2) is 20.9 Å². The summed E-state index contributed by atoms with van der Waals surface area (Å²) in [6, 6.07) is 11.6. The molecule has 5 rings (SSSR count). The summed E-state index contributed by atoms with van der Waals surface area (Å²) in [6.07, 6.45) is 4.04. The third kappa shape index (κ3) is 5.24. The Morgan fingerprint density at radius 2 is 1.92 bits per heavy atom. The highest BCUT2D eigenvalue weighted by Crippen LogP contribution is 2.28. The van der Waals surface area contributed by atoms with E-state index in [2.05, 4.69) is 22.6 Å². The monoisotopic (exact) mass is 541 g/mol. The molecule has 11 heteroatoms. The molecule has 3 aromatic rings. The number of hydrogen-bond acceptors (Lipinski definition) is 8. The lowest BCUT2D eigenvalue weighted by atomic mass is 9.99. The van der Waals surface area contributed by atoms with Gasteiger partial charge in [0, 0.05) is 25.8 Å². The maximum absolute atomic E-state index is 13.2. The highest BCUT2D eigenvalue weighted by molar-refractivity contribution is 7.92. The lowest BCUT2D eigenvalue weighted by Gasteiger charge is -2.28. The lowest BCUT2D eigenvalue weighted by molar-refractivity contribution is -0.201. The summed E-state index contributed by atoms with van der Waals surface area (Å²) in [5.41, 5.74) is 6.76. The van der Waals surface area contributed by atoms with Crippen LogP contribution < -0.4 is 11.0 Å². The molecule has 202 valence electrons. The van der Waals surface area contributed by atoms with Gasteiger partial charge in [-0.1, -0.05) is 18.2 Å². The second kappa shape index (κ2) is 10.6. The number of ether oxygens (including phenoxy) is 2. The number of hydrogen-bond donors (Lipinski definition) is 1. The molecule has 2 atom stereocenters. The third-order valence-corrected chi connectivity index (χ3v) is 9.46. The summed E-state index contributed by atoms with van der Waals surface area (Å²) < 4.78 is 35.7. The van der Waals surface area contributed by atoms with Crippen LogP contribution >= 0.6 is 0 Å². The van der Waals surface area contributed by atoms with E-state index in [0.717, 1.165) is 35.8 Å². The van der Waals surface area contributed by atoms with Gasteiger partial charge in [-0.15, -0.1) is 0 Å². The summed E-state index contributed by atoms with van der Waals surface area (Å²) in [5, 5.41) is 0.407. The number of amides is 1. The van der Waals surface area contributed by atoms with Gasteiger partial charge in [-0.3, -0.25) is 14.2 Å². The lowest BCUT2D eigenvalue weighted by Crippen LogP contribution is -2.51. The van der Waals surface area contributed by atoms with Crippen LogP contribution in [0.3, 0.4) is 0 Å². The number of carbonyl (C=O) groups is 1. The molecule has 2 aliphatic heterocycles. The molecule has 0 saturated carbocycles. The van der Waals surface area contributed by atoms with Crippen molar-refractivity contribution >= 4 is 26.6 Å². The van der Waals surface area contributed by atoms with E-state index in [0.29, 0.717) is 37.1 Å². The molecule has 0 aliphatic carbocycles. The average Bonchev–Trinajstić information content (AvgIpc) is 3.39. The molecule has 1 fully saturated rings. The van der Waals surface area contributed by atoms with Crippen LogP contribution in [0.2, 0.25) is 0 Å². The number of nitrogens with zero attached hydrogens (tertiary/aromatic N) is 2. The standard InChI is InChI=1S/C27H31N3O7S/c1-27(38(2,33)34,26(32)29-37-24-5-3-4-12-36-24)10-11-30-17-28-23-14-19(8-9-22(23)25(30)31)18-6-7-20-15-35-16-21(20)13-18/h6-9,13-14,17,24H,3-5,10-12,15-16H2,1-2H3,(H,29,32)/t24?,27-/m1/s1. The van der Waals surface area contributed by atoms with E-state index in [1.165, 1.54) is 23.4 Å². The van der Waals surface area contributed by atoms with Gasteiger partial charge in [0.2, 0.25) is 0 Å². The number of sulfone groups is 1. The van der Waals surface area contributed by atoms with Gasteiger partial charge in [-0.05, 0) is 66.6 Å². The minimum Gasteiger partial charge on any atom is -0.372 e. The summed E-state index contributed by atoms with van der Waals surface area (Å²) >= 11 is 0. The quantitative estimate of drug-likeness (QED) is 0.432. The van der Waals surface area contributed by atoms with E-state index in [1.807, 2.05) is 18.2 Å². The average molecular weight is 542 g/mol. The van der Waals surface area contributed by atoms with E-state index in [9.17, 15) is 18.0 Å². The van der Waals surface area contributed by atoms with Crippen molar-refractivity contribution in [2.24, 2.45) is 0 Å². The van der Waals surface area contributed by atoms with E-state index in [1.54, 1.807) is 6.07 Å². The second-order valence-corrected chi connectivity index (χ2v) is 12.5. The van der Waals surface area contributed by atoms with Crippen molar-refractivity contribution in [2.75, 3.05) is 12.9 Å². The predicted octanol–water partition coefficient (Wildman–Crippen LogP) is 2.86. The first-order valence-corrected chi connectivity index (χ1v) is 14.5. The maximum atomic E-state index is 13.2. The van der Waals surface area contributed by atoms with Gasteiger partial charge < -0.3 is 9.47 Å². The summed E-state index contributed by atoms with van der Waals surface area (Å²) in [7, 11) is -3.86. The summed E-state index contributed by atoms with van der Waals surface area (Å²) in [5.74, 6) is -0.805. The van der Waals surface area contributed by atoms with Crippen LogP contribution in [0.1, 0.15) is 43.7 Å². The molecule has 0 radical (unpaired) electrons. The molecule has 1 N–H and O–H groups in total. The van der Waals surface area contributed by atoms with Crippen LogP contribution in [0.5, 0.6) is 0 Å². The van der Waals surface area contributed by atoms with Crippen LogP contribution in [0.25, 0.3) is 22.0 Å². The van der Waals surface area contributed by atoms with E-state index < -0.39 is 26.8 Å². The SMILES string of the molecule is C[C@@](CCn1cnc2cc(-c3ccc4c(c3)COC4)ccc2c1=O)(C(=O)NOC1CCCCO1)S(C)(=O)=O. The zero-order valence-electron chi connectivity index (χ0n) is 21.4. The molecule has 1 amide bonds. The number of carbonyl (C=O) groups excluding carboxylic acids is 1. The Balaban J connectivity index is 1.33. The van der Waals surface area contributed by atoms with Crippen LogP contribution in [-0.4, -0.2) is 47.8 Å². The molecule has 3 heterocycles. The molecular weight excluding hydrogens is 510 g/mol. The van der Waals surface area contributed by atoms with Crippen molar-refractivity contribution in [3.63, 3.8) is 0 Å². The number of fused-ring (bicyclic) bond motifs is 2. The van der Waals surface area contributed by atoms with Crippen molar-refractivity contribution in [3.8, 4) is 11.1 Å². The number of benzene rings is 2. The van der Waals surface area contributed by atoms with Crippen molar-refractivity contribution in [1.82, 2.24) is 15.0 Å². The molecule has 2 aromatic carbocycles. The Morgan fingerprint density at radius 3 is 2.68 bits per heavy atom. The molecule has 1 unspecified atom stereocenters. The topological polar surface area (TPSA) is 126 Å². The molecule has 1 aromatic heterocycles. The van der Waals surface area contributed by atoms with Gasteiger partial charge in [-0.25, -0.2) is 23.7 Å². The van der Waals surface area contributed by atoms with Crippen molar-refractivity contribution in [1.29, 1.82) is 0 Å². The minimum atomic E-state index is -3.86. The van der Waals surface area contributed by atoms with Gasteiger partial charge in [0.25, 0.3) is 11.5 Å². The molecule has 0 spiro atoms. The van der Waals surface area contributed by atoms with E-state index in [4.69, 9.17) is 14.3 Å². The largest absolute Gasteiger partial charge is 0.372 e. The first-order valence-electron chi connectivity index (χ1n) is 12.6. The summed E-state index contributed by atoms with van der Waals surface area (Å²) in [4.78, 5) is 35.9. The van der Waals surface area contributed by atoms with Crippen LogP contribution in [0.15, 0.2) is 47.5 Å². The molecule has 0 bridgehead atoms. The fourth-order valence-corrected chi connectivity index (χ4v) is 5.52. The predicted molar refractivity (Wildman–Crippen MR) is 141 cm³/mol. The fraction of sp³-hybridized carbons (Fsp3) is 0.444. The fourth-order valence-electron chi connectivity index (χ4n) is 4.68. The van der Waals surface area contributed by atoms with Gasteiger partial charge in [0.05, 0.1) is 30.4 Å². The van der Waals surface area contributed by atoms with Crippen LogP contribution in [0.4, 0.5) is 0 Å². The summed E-state index contributed by atoms with van der Waals surface area (Å²) in [6.45, 7) is 3.04. The van der Waals surface area contributed by atoms with Gasteiger partial charge in [0.1, 0.15) is 0 Å². The van der Waals surface area contributed by atoms with Gasteiger partial charge in [-0.2, -0.15) is 0 Å². The first-order chi connectivity index (χ1) is 18.2. The number of aromatic nitrogens is 2. The molecule has 10 nitrogen and oxygen atoms in total. The number of nitrogens with one attached hydrogen (secondary N) is 1. The molecule has 1 saturated heterocycles. The zero-order valence-corrected chi connectivity index (χ0v) is 22.3. The Labute approximate surface area is 220 Å². The third-order valence-electron chi connectivity index (χ3n) is 7.43. The maximum Gasteiger partial charge on any atom is 0.264 e. The van der Waals surface area contributed by atoms with E-state index >= 15 is 0 Å². The van der Waals surface area contributed by atoms with Crippen molar-refractivity contribution in [3.05, 3.63) is 64.2 Å². The molecular formula is C27H31N3O7S. The number of rotatable bonds is 8. The highest BCUT2D eigenvalue weighted by atomic mass is 32.2. The van der Waals surface area contributed by atoms with E-state index in [-0.39, 0.29) is 18.5 Å². The Morgan fingerprint density at radius 1 is 1.16 bits per heavy atom. The number of aryl methyl sites for hydroxylation is 1. The van der Waals surface area contributed by atoms with Crippen LogP contribution in [-0.2, 0) is 48.7 Å². The zero-order chi connectivity index (χ0) is 26.9. The normalized spacial score (nSPS) is 19.2. The smallest absolute Gasteiger partial charge is 0.264 e. The Bertz CT molecular complexity index is 1530. The van der Waals surface area contributed by atoms with Crippen LogP contribution in [0, 0.1) is 0 Å². The molecule has 38 heavy (non-hydrogen) atoms.